The topological polar surface area (TPSA) is 281 Å². The predicted octanol–water partition coefficient (Wildman–Crippen LogP) is 0.284. The molecule has 324 valence electrons. The van der Waals surface area contributed by atoms with Crippen molar-refractivity contribution in [2.75, 3.05) is 44.4 Å². The first kappa shape index (κ1) is 48.7. The summed E-state index contributed by atoms with van der Waals surface area (Å²) in [4.78, 5) is 99.5. The van der Waals surface area contributed by atoms with E-state index in [1.54, 1.807) is 0 Å². The molecule has 23 heteroatoms. The molecule has 2 rings (SSSR count). The predicted molar refractivity (Wildman–Crippen MR) is 196 cm³/mol. The molecule has 0 saturated carbocycles. The second-order valence-electron chi connectivity index (χ2n) is 13.6. The third-order valence-corrected chi connectivity index (χ3v) is 7.91. The highest BCUT2D eigenvalue weighted by molar-refractivity contribution is 6.99. The van der Waals surface area contributed by atoms with Gasteiger partial charge in [0.15, 0.2) is 36.6 Å². The lowest BCUT2D eigenvalue weighted by molar-refractivity contribution is -0.188. The molecule has 1 fully saturated rings. The first-order valence-corrected chi connectivity index (χ1v) is 18.7. The van der Waals surface area contributed by atoms with Crippen LogP contribution < -0.4 is 15.0 Å². The summed E-state index contributed by atoms with van der Waals surface area (Å²) in [6.07, 6.45) is -9.17. The summed E-state index contributed by atoms with van der Waals surface area (Å²) in [6, 6.07) is 0. The zero-order chi connectivity index (χ0) is 43.7. The zero-order valence-electron chi connectivity index (χ0n) is 33.6. The number of carbonyl (C=O) groups is 8. The van der Waals surface area contributed by atoms with Crippen molar-refractivity contribution in [1.82, 2.24) is 14.1 Å². The van der Waals surface area contributed by atoms with Crippen LogP contribution in [0.4, 0.5) is 5.82 Å². The van der Waals surface area contributed by atoms with Crippen molar-refractivity contribution in [3.8, 4) is 5.88 Å². The fourth-order valence-corrected chi connectivity index (χ4v) is 4.73. The number of carboxylic acids is 1. The number of aromatic nitrogens is 2. The SMILES string of the molecule is C[C@H](OC(=O)/C=C\C(=O)O)C(=O)O[C@@H](C)C(=O)O[C@@H](C)C(=O)O[C@@H](C)C(=O)O[C@@H](C)C(=O)O[C@@H](C)C(=O)O[C@@H](CNC(C)(C)C)COc1nsnc1N1CCOCC1. The van der Waals surface area contributed by atoms with Gasteiger partial charge in [-0.1, -0.05) is 0 Å². The van der Waals surface area contributed by atoms with Crippen molar-refractivity contribution in [3.63, 3.8) is 0 Å². The number of hydrogen-bond donors (Lipinski definition) is 2. The average Bonchev–Trinajstić information content (AvgIpc) is 3.63. The van der Waals surface area contributed by atoms with Crippen molar-refractivity contribution in [2.24, 2.45) is 0 Å². The van der Waals surface area contributed by atoms with Gasteiger partial charge in [-0.15, -0.1) is 4.37 Å². The molecular weight excluding hydrogens is 796 g/mol. The number of rotatable bonds is 21. The number of carboxylic acid groups (broad SMARTS) is 1. The van der Waals surface area contributed by atoms with Gasteiger partial charge < -0.3 is 58.0 Å². The molecule has 1 saturated heterocycles. The first-order chi connectivity index (χ1) is 27.1. The number of anilines is 1. The molecule has 58 heavy (non-hydrogen) atoms. The summed E-state index contributed by atoms with van der Waals surface area (Å²) in [7, 11) is 0. The van der Waals surface area contributed by atoms with Gasteiger partial charge in [-0.05, 0) is 62.3 Å². The van der Waals surface area contributed by atoms with E-state index in [-0.39, 0.29) is 24.6 Å². The molecule has 1 aromatic heterocycles. The lowest BCUT2D eigenvalue weighted by Gasteiger charge is -2.28. The average molecular weight is 847 g/mol. The minimum Gasteiger partial charge on any atom is -0.478 e. The normalized spacial score (nSPS) is 16.6. The van der Waals surface area contributed by atoms with E-state index in [2.05, 4.69) is 18.8 Å². The highest BCUT2D eigenvalue weighted by Gasteiger charge is 2.33. The number of ether oxygens (including phenoxy) is 9. The Labute approximate surface area is 338 Å². The number of carbonyl (C=O) groups excluding carboxylic acids is 7. The van der Waals surface area contributed by atoms with Crippen LogP contribution in [-0.2, 0) is 76.3 Å². The first-order valence-electron chi connectivity index (χ1n) is 18.0. The van der Waals surface area contributed by atoms with Crippen molar-refractivity contribution in [1.29, 1.82) is 0 Å². The quantitative estimate of drug-likeness (QED) is 0.0955. The van der Waals surface area contributed by atoms with E-state index >= 15 is 0 Å². The van der Waals surface area contributed by atoms with Crippen molar-refractivity contribution < 1.29 is 86.1 Å². The largest absolute Gasteiger partial charge is 0.478 e. The lowest BCUT2D eigenvalue weighted by Crippen LogP contribution is -2.45. The summed E-state index contributed by atoms with van der Waals surface area (Å²) in [5.74, 6) is -8.59. The maximum absolute atomic E-state index is 13.0. The standard InChI is InChI=1S/C35H50N4O18S/c1-18(51-26(42)11-10-25(40)41)29(43)52-19(2)30(44)53-20(3)31(45)54-21(4)32(46)55-22(5)33(47)56-23(6)34(48)57-24(16-36-35(7,8)9)17-50-28-27(37-58-38-28)39-12-14-49-15-13-39/h10-11,18-24,36H,12-17H2,1-9H3,(H,40,41)/b11-10-/t18-,19-,20-,21-,22-,23-,24-/m0/s1. The van der Waals surface area contributed by atoms with Crippen LogP contribution in [0.1, 0.15) is 62.3 Å². The third-order valence-electron chi connectivity index (χ3n) is 7.41. The van der Waals surface area contributed by atoms with Crippen molar-refractivity contribution in [3.05, 3.63) is 12.2 Å². The van der Waals surface area contributed by atoms with Gasteiger partial charge in [0.1, 0.15) is 12.7 Å². The highest BCUT2D eigenvalue weighted by Crippen LogP contribution is 2.26. The van der Waals surface area contributed by atoms with Crippen LogP contribution in [0.15, 0.2) is 12.2 Å². The van der Waals surface area contributed by atoms with Gasteiger partial charge in [-0.3, -0.25) is 0 Å². The number of nitrogens with zero attached hydrogens (tertiary/aromatic N) is 3. The minimum atomic E-state index is -1.62. The minimum absolute atomic E-state index is 0.109. The molecule has 0 radical (unpaired) electrons. The molecule has 1 aliphatic heterocycles. The number of aliphatic carboxylic acids is 1. The lowest BCUT2D eigenvalue weighted by atomic mass is 10.1. The molecule has 0 amide bonds. The van der Waals surface area contributed by atoms with Gasteiger partial charge in [0.2, 0.25) is 5.82 Å². The Morgan fingerprint density at radius 1 is 0.690 bits per heavy atom. The maximum Gasteiger partial charge on any atom is 0.348 e. The highest BCUT2D eigenvalue weighted by atomic mass is 32.1. The third kappa shape index (κ3) is 17.4. The second-order valence-corrected chi connectivity index (χ2v) is 14.2. The maximum atomic E-state index is 13.0. The van der Waals surface area contributed by atoms with E-state index in [1.165, 1.54) is 6.92 Å². The Bertz CT molecular complexity index is 1640. The molecule has 7 atom stereocenters. The van der Waals surface area contributed by atoms with Crippen LogP contribution in [0, 0.1) is 0 Å². The Morgan fingerprint density at radius 2 is 1.10 bits per heavy atom. The summed E-state index contributed by atoms with van der Waals surface area (Å²) < 4.78 is 55.1. The van der Waals surface area contributed by atoms with E-state index in [0.29, 0.717) is 44.3 Å². The molecule has 22 nitrogen and oxygen atoms in total. The van der Waals surface area contributed by atoms with E-state index in [4.69, 9.17) is 43.0 Å². The Hall–Kier alpha value is -5.42. The molecule has 2 heterocycles. The molecule has 1 aliphatic rings. The number of nitrogens with one attached hydrogen (secondary N) is 1. The van der Waals surface area contributed by atoms with Gasteiger partial charge in [-0.2, -0.15) is 4.37 Å². The Balaban J connectivity index is 1.85. The molecule has 0 aliphatic carbocycles. The molecule has 1 aromatic rings. The molecule has 0 aromatic carbocycles. The molecule has 2 N–H and O–H groups in total. The van der Waals surface area contributed by atoms with Crippen LogP contribution in [0.2, 0.25) is 0 Å². The molecule has 0 spiro atoms. The Morgan fingerprint density at radius 3 is 1.52 bits per heavy atom. The van der Waals surface area contributed by atoms with Crippen LogP contribution in [0.5, 0.6) is 5.88 Å². The number of morpholine rings is 1. The summed E-state index contributed by atoms with van der Waals surface area (Å²) in [6.45, 7) is 14.9. The van der Waals surface area contributed by atoms with Crippen molar-refractivity contribution in [2.45, 2.75) is 111 Å². The monoisotopic (exact) mass is 846 g/mol. The number of hydrogen-bond acceptors (Lipinski definition) is 22. The van der Waals surface area contributed by atoms with Crippen LogP contribution >= 0.6 is 11.7 Å². The van der Waals surface area contributed by atoms with Crippen LogP contribution in [-0.4, -0.2) is 149 Å². The fraction of sp³-hybridized carbons (Fsp3) is 0.657. The summed E-state index contributed by atoms with van der Waals surface area (Å²) in [5.41, 5.74) is -0.349. The van der Waals surface area contributed by atoms with Gasteiger partial charge in [0, 0.05) is 37.3 Å². The zero-order valence-corrected chi connectivity index (χ0v) is 34.4. The fourth-order valence-electron chi connectivity index (χ4n) is 4.21. The van der Waals surface area contributed by atoms with Crippen LogP contribution in [0.25, 0.3) is 0 Å². The van der Waals surface area contributed by atoms with Gasteiger partial charge in [0.05, 0.1) is 24.9 Å². The van der Waals surface area contributed by atoms with Crippen molar-refractivity contribution >= 4 is 65.3 Å². The van der Waals surface area contributed by atoms with Gasteiger partial charge in [-0.25, -0.2) is 38.4 Å². The smallest absolute Gasteiger partial charge is 0.348 e. The van der Waals surface area contributed by atoms with Gasteiger partial charge in [0.25, 0.3) is 5.88 Å². The molecular formula is C35H50N4O18S. The summed E-state index contributed by atoms with van der Waals surface area (Å²) >= 11 is 0.972. The van der Waals surface area contributed by atoms with Gasteiger partial charge >= 0.3 is 47.8 Å². The van der Waals surface area contributed by atoms with Crippen LogP contribution in [0.3, 0.4) is 0 Å². The summed E-state index contributed by atoms with van der Waals surface area (Å²) in [5, 5.41) is 11.8. The van der Waals surface area contributed by atoms with E-state index in [0.717, 1.165) is 46.3 Å². The molecule has 0 unspecified atom stereocenters. The second kappa shape index (κ2) is 23.1. The Kier molecular flexibility index (Phi) is 19.4. The number of esters is 7. The van der Waals surface area contributed by atoms with E-state index in [9.17, 15) is 38.4 Å². The molecule has 0 bridgehead atoms. The van der Waals surface area contributed by atoms with E-state index in [1.807, 2.05) is 25.7 Å². The van der Waals surface area contributed by atoms with E-state index < -0.39 is 90.5 Å².